The van der Waals surface area contributed by atoms with Gasteiger partial charge in [0.1, 0.15) is 17.4 Å². The van der Waals surface area contributed by atoms with E-state index in [1.165, 1.54) is 11.3 Å². The Bertz CT molecular complexity index is 866. The number of ether oxygens (including phenoxy) is 1. The van der Waals surface area contributed by atoms with Crippen molar-refractivity contribution < 1.29 is 9.53 Å². The SMILES string of the molecule is O=C(Cc1csc(COc2ccc(Cl)cc2)n1)Nc1ccccc1Cl. The van der Waals surface area contributed by atoms with Crippen molar-refractivity contribution in [3.63, 3.8) is 0 Å². The van der Waals surface area contributed by atoms with Gasteiger partial charge in [0, 0.05) is 10.4 Å². The molecule has 0 aliphatic heterocycles. The molecule has 0 fully saturated rings. The molecule has 3 aromatic rings. The number of nitrogens with one attached hydrogen (secondary N) is 1. The van der Waals surface area contributed by atoms with E-state index in [2.05, 4.69) is 10.3 Å². The van der Waals surface area contributed by atoms with Crippen LogP contribution in [0.5, 0.6) is 5.75 Å². The fourth-order valence-electron chi connectivity index (χ4n) is 2.09. The molecule has 25 heavy (non-hydrogen) atoms. The average Bonchev–Trinajstić information content (AvgIpc) is 3.04. The lowest BCUT2D eigenvalue weighted by Crippen LogP contribution is -2.14. The second-order valence-corrected chi connectivity index (χ2v) is 6.97. The van der Waals surface area contributed by atoms with Gasteiger partial charge in [0.15, 0.2) is 0 Å². The molecule has 128 valence electrons. The minimum atomic E-state index is -0.163. The number of nitrogens with zero attached hydrogens (tertiary/aromatic N) is 1. The average molecular weight is 393 g/mol. The summed E-state index contributed by atoms with van der Waals surface area (Å²) in [6.07, 6.45) is 0.183. The van der Waals surface area contributed by atoms with Crippen LogP contribution >= 0.6 is 34.5 Å². The maximum absolute atomic E-state index is 12.1. The Balaban J connectivity index is 1.53. The zero-order valence-corrected chi connectivity index (χ0v) is 15.4. The number of aromatic nitrogens is 1. The number of rotatable bonds is 6. The lowest BCUT2D eigenvalue weighted by molar-refractivity contribution is -0.115. The van der Waals surface area contributed by atoms with Gasteiger partial charge < -0.3 is 10.1 Å². The van der Waals surface area contributed by atoms with Gasteiger partial charge in [-0.3, -0.25) is 4.79 Å². The zero-order valence-electron chi connectivity index (χ0n) is 13.0. The van der Waals surface area contributed by atoms with Gasteiger partial charge in [0.2, 0.25) is 5.91 Å². The monoisotopic (exact) mass is 392 g/mol. The van der Waals surface area contributed by atoms with Crippen LogP contribution in [0.4, 0.5) is 5.69 Å². The molecule has 0 unspecified atom stereocenters. The quantitative estimate of drug-likeness (QED) is 0.626. The summed E-state index contributed by atoms with van der Waals surface area (Å²) in [5.41, 5.74) is 1.29. The first kappa shape index (κ1) is 17.7. The van der Waals surface area contributed by atoms with Crippen LogP contribution in [0.2, 0.25) is 10.0 Å². The fraction of sp³-hybridized carbons (Fsp3) is 0.111. The molecule has 1 aromatic heterocycles. The molecular formula is C18H14Cl2N2O2S. The number of benzene rings is 2. The van der Waals surface area contributed by atoms with E-state index in [4.69, 9.17) is 27.9 Å². The second-order valence-electron chi connectivity index (χ2n) is 5.18. The normalized spacial score (nSPS) is 10.5. The molecule has 1 heterocycles. The van der Waals surface area contributed by atoms with E-state index < -0.39 is 0 Å². The molecule has 0 aliphatic carbocycles. The molecule has 0 aliphatic rings. The van der Waals surface area contributed by atoms with E-state index in [1.807, 2.05) is 17.5 Å². The number of halogens is 2. The minimum absolute atomic E-state index is 0.163. The standard InChI is InChI=1S/C18H14Cl2N2O2S/c19-12-5-7-14(8-6-12)24-10-18-21-13(11-25-18)9-17(23)22-16-4-2-1-3-15(16)20/h1-8,11H,9-10H2,(H,22,23). The fourth-order valence-corrected chi connectivity index (χ4v) is 3.11. The Kier molecular flexibility index (Phi) is 5.91. The Morgan fingerprint density at radius 3 is 2.64 bits per heavy atom. The molecule has 7 heteroatoms. The number of anilines is 1. The summed E-state index contributed by atoms with van der Waals surface area (Å²) >= 11 is 13.3. The molecule has 0 bridgehead atoms. The van der Waals surface area contributed by atoms with Crippen LogP contribution in [-0.2, 0) is 17.8 Å². The van der Waals surface area contributed by atoms with Crippen LogP contribution in [0.15, 0.2) is 53.9 Å². The van der Waals surface area contributed by atoms with E-state index >= 15 is 0 Å². The van der Waals surface area contributed by atoms with Crippen molar-refractivity contribution in [3.05, 3.63) is 74.7 Å². The van der Waals surface area contributed by atoms with Gasteiger partial charge in [0.05, 0.1) is 22.8 Å². The highest BCUT2D eigenvalue weighted by Crippen LogP contribution is 2.21. The first-order valence-electron chi connectivity index (χ1n) is 7.46. The number of carbonyl (C=O) groups is 1. The number of para-hydroxylation sites is 1. The third kappa shape index (κ3) is 5.19. The van der Waals surface area contributed by atoms with E-state index in [0.717, 1.165) is 10.8 Å². The molecule has 0 saturated heterocycles. The maximum atomic E-state index is 12.1. The Morgan fingerprint density at radius 1 is 1.12 bits per heavy atom. The van der Waals surface area contributed by atoms with Gasteiger partial charge in [-0.25, -0.2) is 4.98 Å². The summed E-state index contributed by atoms with van der Waals surface area (Å²) in [5.74, 6) is 0.557. The summed E-state index contributed by atoms with van der Waals surface area (Å²) in [5, 5.41) is 6.60. The van der Waals surface area contributed by atoms with Crippen molar-refractivity contribution in [1.82, 2.24) is 4.98 Å². The van der Waals surface area contributed by atoms with Crippen molar-refractivity contribution in [2.75, 3.05) is 5.32 Å². The van der Waals surface area contributed by atoms with Crippen LogP contribution in [0.3, 0.4) is 0 Å². The van der Waals surface area contributed by atoms with E-state index in [1.54, 1.807) is 36.4 Å². The van der Waals surface area contributed by atoms with Gasteiger partial charge >= 0.3 is 0 Å². The van der Waals surface area contributed by atoms with Gasteiger partial charge in [0.25, 0.3) is 0 Å². The van der Waals surface area contributed by atoms with Crippen LogP contribution in [0.1, 0.15) is 10.7 Å². The topological polar surface area (TPSA) is 51.2 Å². The maximum Gasteiger partial charge on any atom is 0.230 e. The van der Waals surface area contributed by atoms with E-state index in [9.17, 15) is 4.79 Å². The molecule has 0 saturated carbocycles. The third-order valence-electron chi connectivity index (χ3n) is 3.26. The van der Waals surface area contributed by atoms with E-state index in [-0.39, 0.29) is 12.3 Å². The summed E-state index contributed by atoms with van der Waals surface area (Å²) in [7, 11) is 0. The van der Waals surface area contributed by atoms with Crippen molar-refractivity contribution in [3.8, 4) is 5.75 Å². The highest BCUT2D eigenvalue weighted by atomic mass is 35.5. The molecule has 2 aromatic carbocycles. The lowest BCUT2D eigenvalue weighted by atomic mass is 10.3. The van der Waals surface area contributed by atoms with Crippen LogP contribution in [0, 0.1) is 0 Å². The van der Waals surface area contributed by atoms with Crippen LogP contribution in [0.25, 0.3) is 0 Å². The first-order valence-corrected chi connectivity index (χ1v) is 9.10. The van der Waals surface area contributed by atoms with Crippen LogP contribution < -0.4 is 10.1 Å². The molecule has 3 rings (SSSR count). The van der Waals surface area contributed by atoms with Crippen LogP contribution in [-0.4, -0.2) is 10.9 Å². The number of thiazole rings is 1. The van der Waals surface area contributed by atoms with Crippen molar-refractivity contribution >= 4 is 46.1 Å². The van der Waals surface area contributed by atoms with E-state index in [0.29, 0.717) is 28.0 Å². The summed E-state index contributed by atoms with van der Waals surface area (Å²) < 4.78 is 5.65. The third-order valence-corrected chi connectivity index (χ3v) is 4.72. The first-order chi connectivity index (χ1) is 12.1. The summed E-state index contributed by atoms with van der Waals surface area (Å²) in [6, 6.07) is 14.2. The number of hydrogen-bond donors (Lipinski definition) is 1. The van der Waals surface area contributed by atoms with Gasteiger partial charge in [-0.2, -0.15) is 0 Å². The Morgan fingerprint density at radius 2 is 1.88 bits per heavy atom. The Labute approximate surface area is 159 Å². The van der Waals surface area contributed by atoms with Crippen molar-refractivity contribution in [2.45, 2.75) is 13.0 Å². The number of hydrogen-bond acceptors (Lipinski definition) is 4. The number of amides is 1. The molecule has 0 atom stereocenters. The molecule has 0 radical (unpaired) electrons. The highest BCUT2D eigenvalue weighted by molar-refractivity contribution is 7.09. The van der Waals surface area contributed by atoms with Crippen molar-refractivity contribution in [1.29, 1.82) is 0 Å². The molecule has 4 nitrogen and oxygen atoms in total. The summed E-state index contributed by atoms with van der Waals surface area (Å²) in [4.78, 5) is 16.5. The predicted octanol–water partition coefficient (Wildman–Crippen LogP) is 5.21. The van der Waals surface area contributed by atoms with Gasteiger partial charge in [-0.15, -0.1) is 11.3 Å². The number of carbonyl (C=O) groups excluding carboxylic acids is 1. The summed E-state index contributed by atoms with van der Waals surface area (Å²) in [6.45, 7) is 0.346. The Hall–Kier alpha value is -2.08. The largest absolute Gasteiger partial charge is 0.486 e. The molecule has 1 amide bonds. The lowest BCUT2D eigenvalue weighted by Gasteiger charge is -2.05. The molecule has 0 spiro atoms. The highest BCUT2D eigenvalue weighted by Gasteiger charge is 2.10. The van der Waals surface area contributed by atoms with Gasteiger partial charge in [-0.05, 0) is 36.4 Å². The predicted molar refractivity (Wildman–Crippen MR) is 102 cm³/mol. The van der Waals surface area contributed by atoms with Gasteiger partial charge in [-0.1, -0.05) is 35.3 Å². The second kappa shape index (κ2) is 8.34. The molecular weight excluding hydrogens is 379 g/mol. The van der Waals surface area contributed by atoms with Crippen molar-refractivity contribution in [2.24, 2.45) is 0 Å². The molecule has 1 N–H and O–H groups in total. The zero-order chi connectivity index (χ0) is 17.6. The minimum Gasteiger partial charge on any atom is -0.486 e. The smallest absolute Gasteiger partial charge is 0.230 e.